The summed E-state index contributed by atoms with van der Waals surface area (Å²) >= 11 is 0. The maximum atomic E-state index is 12.2. The molecule has 0 aromatic heterocycles. The number of rotatable bonds is 6. The summed E-state index contributed by atoms with van der Waals surface area (Å²) in [5.41, 5.74) is 1.24. The first-order chi connectivity index (χ1) is 7.30. The second-order valence-electron chi connectivity index (χ2n) is 4.21. The Hall–Kier alpha value is -0.510. The van der Waals surface area contributed by atoms with Crippen molar-refractivity contribution in [3.63, 3.8) is 0 Å². The van der Waals surface area contributed by atoms with Crippen LogP contribution in [0.2, 0.25) is 0 Å². The fourth-order valence-corrected chi connectivity index (χ4v) is 1.63. The summed E-state index contributed by atoms with van der Waals surface area (Å²) in [6, 6.07) is -0.0700. The highest BCUT2D eigenvalue weighted by Crippen LogP contribution is 2.20. The number of alkyl halides is 3. The van der Waals surface area contributed by atoms with Crippen molar-refractivity contribution in [2.24, 2.45) is 0 Å². The first-order valence-electron chi connectivity index (χ1n) is 5.75. The Labute approximate surface area is 96.3 Å². The van der Waals surface area contributed by atoms with Crippen LogP contribution in [0, 0.1) is 0 Å². The number of hydrogen-bond donors (Lipinski definition) is 0. The Morgan fingerprint density at radius 3 is 2.25 bits per heavy atom. The van der Waals surface area contributed by atoms with Gasteiger partial charge < -0.3 is 0 Å². The van der Waals surface area contributed by atoms with Crippen molar-refractivity contribution in [3.8, 4) is 0 Å². The molecule has 0 radical (unpaired) electrons. The zero-order chi connectivity index (χ0) is 12.8. The molecule has 0 aromatic carbocycles. The van der Waals surface area contributed by atoms with E-state index >= 15 is 0 Å². The molecule has 4 heteroatoms. The summed E-state index contributed by atoms with van der Waals surface area (Å²) in [7, 11) is 1.53. The van der Waals surface area contributed by atoms with Gasteiger partial charge in [-0.15, -0.1) is 0 Å². The van der Waals surface area contributed by atoms with E-state index in [0.29, 0.717) is 0 Å². The van der Waals surface area contributed by atoms with Gasteiger partial charge in [-0.2, -0.15) is 13.2 Å². The highest BCUT2D eigenvalue weighted by Gasteiger charge is 2.30. The number of halogens is 3. The summed E-state index contributed by atoms with van der Waals surface area (Å²) in [5.74, 6) is 0. The van der Waals surface area contributed by atoms with Crippen molar-refractivity contribution in [2.75, 3.05) is 13.6 Å². The molecule has 16 heavy (non-hydrogen) atoms. The van der Waals surface area contributed by atoms with Crippen LogP contribution in [0.5, 0.6) is 0 Å². The van der Waals surface area contributed by atoms with Crippen LogP contribution in [0.4, 0.5) is 13.2 Å². The lowest BCUT2D eigenvalue weighted by molar-refractivity contribution is -0.146. The second-order valence-corrected chi connectivity index (χ2v) is 4.21. The molecule has 0 aliphatic rings. The van der Waals surface area contributed by atoms with E-state index in [1.54, 1.807) is 0 Å². The largest absolute Gasteiger partial charge is 0.401 e. The molecule has 1 atom stereocenters. The van der Waals surface area contributed by atoms with Gasteiger partial charge in [0, 0.05) is 6.04 Å². The fourth-order valence-electron chi connectivity index (χ4n) is 1.63. The molecule has 0 saturated heterocycles. The normalized spacial score (nSPS) is 15.6. The van der Waals surface area contributed by atoms with E-state index in [1.165, 1.54) is 17.5 Å². The van der Waals surface area contributed by atoms with Crippen LogP contribution in [0.3, 0.4) is 0 Å². The van der Waals surface area contributed by atoms with Gasteiger partial charge in [0.25, 0.3) is 0 Å². The van der Waals surface area contributed by atoms with Gasteiger partial charge in [0.1, 0.15) is 0 Å². The van der Waals surface area contributed by atoms with Crippen molar-refractivity contribution in [2.45, 2.75) is 52.3 Å². The van der Waals surface area contributed by atoms with E-state index in [1.807, 2.05) is 20.8 Å². The first-order valence-corrected chi connectivity index (χ1v) is 5.75. The van der Waals surface area contributed by atoms with Crippen LogP contribution in [0.15, 0.2) is 11.6 Å². The average molecular weight is 237 g/mol. The Balaban J connectivity index is 4.23. The molecule has 0 unspecified atom stereocenters. The van der Waals surface area contributed by atoms with Crippen molar-refractivity contribution in [1.29, 1.82) is 0 Å². The van der Waals surface area contributed by atoms with Gasteiger partial charge in [-0.05, 0) is 33.2 Å². The summed E-state index contributed by atoms with van der Waals surface area (Å²) in [6.07, 6.45) is 0.579. The number of nitrogens with zero attached hydrogens (tertiary/aromatic N) is 1. The van der Waals surface area contributed by atoms with E-state index in [0.717, 1.165) is 19.3 Å². The lowest BCUT2D eigenvalue weighted by Gasteiger charge is -2.26. The fraction of sp³-hybridized carbons (Fsp3) is 0.833. The maximum Gasteiger partial charge on any atom is 0.401 e. The molecule has 0 saturated carbocycles. The molecule has 0 heterocycles. The third-order valence-corrected chi connectivity index (χ3v) is 2.69. The van der Waals surface area contributed by atoms with Crippen molar-refractivity contribution < 1.29 is 13.2 Å². The molecule has 0 rings (SSSR count). The van der Waals surface area contributed by atoms with Gasteiger partial charge in [-0.25, -0.2) is 0 Å². The van der Waals surface area contributed by atoms with Crippen molar-refractivity contribution >= 4 is 0 Å². The van der Waals surface area contributed by atoms with Gasteiger partial charge in [0.05, 0.1) is 6.54 Å². The van der Waals surface area contributed by atoms with Crippen LogP contribution in [-0.2, 0) is 0 Å². The molecular formula is C12H22F3N. The zero-order valence-corrected chi connectivity index (χ0v) is 10.6. The Kier molecular flexibility index (Phi) is 6.72. The summed E-state index contributed by atoms with van der Waals surface area (Å²) in [5, 5.41) is 0. The quantitative estimate of drug-likeness (QED) is 0.631. The molecule has 0 aliphatic carbocycles. The molecule has 0 aromatic rings. The van der Waals surface area contributed by atoms with Crippen LogP contribution >= 0.6 is 0 Å². The molecule has 1 nitrogen and oxygen atoms in total. The Morgan fingerprint density at radius 1 is 1.31 bits per heavy atom. The minimum Gasteiger partial charge on any atom is -0.295 e. The molecule has 0 bridgehead atoms. The summed E-state index contributed by atoms with van der Waals surface area (Å²) in [6.45, 7) is 5.08. The topological polar surface area (TPSA) is 3.24 Å². The lowest BCUT2D eigenvalue weighted by Crippen LogP contribution is -2.37. The molecule has 0 fully saturated rings. The highest BCUT2D eigenvalue weighted by atomic mass is 19.4. The standard InChI is InChI=1S/C12H22F3N/c1-5-7-11(6-2)8-10(3)16(4)9-12(13,14)15/h7,10H,5-6,8-9H2,1-4H3/b11-7+/t10-/m1/s1. The van der Waals surface area contributed by atoms with Crippen molar-refractivity contribution in [3.05, 3.63) is 11.6 Å². The minimum atomic E-state index is -4.11. The van der Waals surface area contributed by atoms with Gasteiger partial charge in [-0.3, -0.25) is 4.90 Å². The van der Waals surface area contributed by atoms with Crippen LogP contribution in [-0.4, -0.2) is 30.7 Å². The van der Waals surface area contributed by atoms with Gasteiger partial charge in [0.2, 0.25) is 0 Å². The van der Waals surface area contributed by atoms with E-state index < -0.39 is 12.7 Å². The predicted octanol–water partition coefficient (Wildman–Crippen LogP) is 4.01. The third-order valence-electron chi connectivity index (χ3n) is 2.69. The van der Waals surface area contributed by atoms with E-state index in [9.17, 15) is 13.2 Å². The molecule has 0 amide bonds. The molecule has 0 spiro atoms. The molecule has 0 aliphatic heterocycles. The second kappa shape index (κ2) is 6.94. The Morgan fingerprint density at radius 2 is 1.88 bits per heavy atom. The highest BCUT2D eigenvalue weighted by molar-refractivity contribution is 5.02. The molecule has 96 valence electrons. The van der Waals surface area contributed by atoms with E-state index in [-0.39, 0.29) is 6.04 Å². The first kappa shape index (κ1) is 15.5. The third kappa shape index (κ3) is 6.88. The van der Waals surface area contributed by atoms with Crippen LogP contribution in [0.25, 0.3) is 0 Å². The van der Waals surface area contributed by atoms with Gasteiger partial charge >= 0.3 is 6.18 Å². The minimum absolute atomic E-state index is 0.0700. The van der Waals surface area contributed by atoms with E-state index in [4.69, 9.17) is 0 Å². The SMILES string of the molecule is CC/C=C(\CC)C[C@@H](C)N(C)CC(F)(F)F. The summed E-state index contributed by atoms with van der Waals surface area (Å²) in [4.78, 5) is 1.36. The molecule has 0 N–H and O–H groups in total. The molecular weight excluding hydrogens is 215 g/mol. The maximum absolute atomic E-state index is 12.2. The predicted molar refractivity (Wildman–Crippen MR) is 61.4 cm³/mol. The van der Waals surface area contributed by atoms with Crippen LogP contribution < -0.4 is 0 Å². The Bertz CT molecular complexity index is 221. The van der Waals surface area contributed by atoms with E-state index in [2.05, 4.69) is 6.08 Å². The van der Waals surface area contributed by atoms with Gasteiger partial charge in [0.15, 0.2) is 0 Å². The summed E-state index contributed by atoms with van der Waals surface area (Å²) < 4.78 is 36.5. The lowest BCUT2D eigenvalue weighted by atomic mass is 10.0. The monoisotopic (exact) mass is 237 g/mol. The van der Waals surface area contributed by atoms with Crippen molar-refractivity contribution in [1.82, 2.24) is 4.90 Å². The smallest absolute Gasteiger partial charge is 0.295 e. The van der Waals surface area contributed by atoms with Gasteiger partial charge in [-0.1, -0.05) is 25.5 Å². The number of allylic oxidation sites excluding steroid dienone is 1. The van der Waals surface area contributed by atoms with Crippen LogP contribution in [0.1, 0.15) is 40.0 Å². The average Bonchev–Trinajstić information content (AvgIpc) is 2.14. The number of hydrogen-bond acceptors (Lipinski definition) is 1. The zero-order valence-electron chi connectivity index (χ0n) is 10.6.